The van der Waals surface area contributed by atoms with E-state index in [4.69, 9.17) is 0 Å². The third-order valence-corrected chi connectivity index (χ3v) is 3.26. The van der Waals surface area contributed by atoms with E-state index in [-0.39, 0.29) is 0 Å². The van der Waals surface area contributed by atoms with E-state index in [1.54, 1.807) is 0 Å². The summed E-state index contributed by atoms with van der Waals surface area (Å²) in [6.45, 7) is 4.48. The van der Waals surface area contributed by atoms with Gasteiger partial charge in [-0.15, -0.1) is 0 Å². The molecule has 0 heterocycles. The second-order valence-corrected chi connectivity index (χ2v) is 4.55. The van der Waals surface area contributed by atoms with Crippen LogP contribution in [0.15, 0.2) is 48.1 Å². The molecule has 0 heteroatoms. The van der Waals surface area contributed by atoms with Crippen LogP contribution in [0.2, 0.25) is 0 Å². The first-order valence-corrected chi connectivity index (χ1v) is 5.64. The Labute approximate surface area is 92.3 Å². The summed E-state index contributed by atoms with van der Waals surface area (Å²) < 4.78 is 0. The van der Waals surface area contributed by atoms with Crippen LogP contribution in [-0.2, 0) is 0 Å². The van der Waals surface area contributed by atoms with Crippen LogP contribution in [0.5, 0.6) is 0 Å². The summed E-state index contributed by atoms with van der Waals surface area (Å²) in [5.74, 6) is 0. The van der Waals surface area contributed by atoms with Crippen LogP contribution in [0.25, 0.3) is 6.08 Å². The summed E-state index contributed by atoms with van der Waals surface area (Å²) in [6.07, 6.45) is 9.39. The average molecular weight is 198 g/mol. The molecule has 0 saturated heterocycles. The molecule has 1 aliphatic rings. The molecule has 2 rings (SSSR count). The predicted octanol–water partition coefficient (Wildman–Crippen LogP) is 4.45. The van der Waals surface area contributed by atoms with Crippen LogP contribution in [0.1, 0.15) is 32.3 Å². The molecule has 78 valence electrons. The molecule has 0 bridgehead atoms. The standard InChI is InChI=1S/C15H18/c1-3-14(15(2)11-12-15)10-9-13-7-5-4-6-8-13/h3-10H,11-12H2,1-2H3/b10-9-,14-3+. The monoisotopic (exact) mass is 198 g/mol. The van der Waals surface area contributed by atoms with Gasteiger partial charge in [0, 0.05) is 0 Å². The second-order valence-electron chi connectivity index (χ2n) is 4.55. The Morgan fingerprint density at radius 3 is 2.40 bits per heavy atom. The first-order valence-electron chi connectivity index (χ1n) is 5.64. The van der Waals surface area contributed by atoms with Crippen LogP contribution < -0.4 is 0 Å². The van der Waals surface area contributed by atoms with E-state index in [0.717, 1.165) is 0 Å². The molecule has 0 spiro atoms. The Hall–Kier alpha value is -1.30. The van der Waals surface area contributed by atoms with Gasteiger partial charge in [0.1, 0.15) is 0 Å². The fourth-order valence-electron chi connectivity index (χ4n) is 1.87. The van der Waals surface area contributed by atoms with Crippen molar-refractivity contribution in [3.63, 3.8) is 0 Å². The quantitative estimate of drug-likeness (QED) is 0.630. The summed E-state index contributed by atoms with van der Waals surface area (Å²) >= 11 is 0. The van der Waals surface area contributed by atoms with Crippen molar-refractivity contribution in [2.45, 2.75) is 26.7 Å². The van der Waals surface area contributed by atoms with E-state index in [0.29, 0.717) is 5.41 Å². The van der Waals surface area contributed by atoms with Crippen molar-refractivity contribution in [3.8, 4) is 0 Å². The second kappa shape index (κ2) is 4.06. The smallest absolute Gasteiger partial charge is 0.00779 e. The lowest BCUT2D eigenvalue weighted by molar-refractivity contribution is 0.708. The molecule has 0 N–H and O–H groups in total. The van der Waals surface area contributed by atoms with Gasteiger partial charge in [-0.3, -0.25) is 0 Å². The maximum absolute atomic E-state index is 2.34. The van der Waals surface area contributed by atoms with Gasteiger partial charge < -0.3 is 0 Å². The lowest BCUT2D eigenvalue weighted by atomic mass is 9.97. The van der Waals surface area contributed by atoms with Gasteiger partial charge >= 0.3 is 0 Å². The summed E-state index contributed by atoms with van der Waals surface area (Å²) in [5.41, 5.74) is 3.23. The van der Waals surface area contributed by atoms with E-state index >= 15 is 0 Å². The van der Waals surface area contributed by atoms with Crippen molar-refractivity contribution < 1.29 is 0 Å². The first-order chi connectivity index (χ1) is 7.24. The van der Waals surface area contributed by atoms with Crippen molar-refractivity contribution in [1.82, 2.24) is 0 Å². The number of benzene rings is 1. The van der Waals surface area contributed by atoms with Gasteiger partial charge in [0.05, 0.1) is 0 Å². The summed E-state index contributed by atoms with van der Waals surface area (Å²) in [6, 6.07) is 10.5. The van der Waals surface area contributed by atoms with E-state index in [1.165, 1.54) is 24.0 Å². The fraction of sp³-hybridized carbons (Fsp3) is 0.333. The molecule has 0 radical (unpaired) electrons. The Kier molecular flexibility index (Phi) is 2.77. The molecule has 15 heavy (non-hydrogen) atoms. The first kappa shape index (κ1) is 10.2. The van der Waals surface area contributed by atoms with Gasteiger partial charge in [0.15, 0.2) is 0 Å². The van der Waals surface area contributed by atoms with Gasteiger partial charge in [-0.25, -0.2) is 0 Å². The lowest BCUT2D eigenvalue weighted by Crippen LogP contribution is -1.94. The zero-order chi connectivity index (χ0) is 10.7. The Morgan fingerprint density at radius 1 is 1.20 bits per heavy atom. The van der Waals surface area contributed by atoms with E-state index in [1.807, 2.05) is 0 Å². The highest BCUT2D eigenvalue weighted by Crippen LogP contribution is 2.51. The zero-order valence-electron chi connectivity index (χ0n) is 9.53. The van der Waals surface area contributed by atoms with Crippen molar-refractivity contribution in [2.24, 2.45) is 5.41 Å². The van der Waals surface area contributed by atoms with E-state index in [9.17, 15) is 0 Å². The van der Waals surface area contributed by atoms with Crippen LogP contribution in [0.4, 0.5) is 0 Å². The molecule has 1 fully saturated rings. The maximum Gasteiger partial charge on any atom is -0.00779 e. The Bertz CT molecular complexity index is 378. The number of hydrogen-bond acceptors (Lipinski definition) is 0. The normalized spacial score (nSPS) is 19.5. The molecule has 1 saturated carbocycles. The largest absolute Gasteiger partial charge is 0.0839 e. The third-order valence-electron chi connectivity index (χ3n) is 3.26. The minimum absolute atomic E-state index is 0.472. The summed E-state index contributed by atoms with van der Waals surface area (Å²) in [7, 11) is 0. The zero-order valence-corrected chi connectivity index (χ0v) is 9.53. The summed E-state index contributed by atoms with van der Waals surface area (Å²) in [5, 5.41) is 0. The molecule has 0 amide bonds. The van der Waals surface area contributed by atoms with Crippen LogP contribution in [0, 0.1) is 5.41 Å². The number of rotatable bonds is 3. The van der Waals surface area contributed by atoms with Gasteiger partial charge in [-0.1, -0.05) is 55.5 Å². The average Bonchev–Trinajstić information content (AvgIpc) is 3.00. The van der Waals surface area contributed by atoms with E-state index < -0.39 is 0 Å². The minimum Gasteiger partial charge on any atom is -0.0839 e. The van der Waals surface area contributed by atoms with Gasteiger partial charge in [0.25, 0.3) is 0 Å². The highest BCUT2D eigenvalue weighted by molar-refractivity contribution is 5.54. The van der Waals surface area contributed by atoms with Crippen molar-refractivity contribution in [1.29, 1.82) is 0 Å². The van der Waals surface area contributed by atoms with E-state index in [2.05, 4.69) is 62.4 Å². The summed E-state index contributed by atoms with van der Waals surface area (Å²) in [4.78, 5) is 0. The molecular formula is C15H18. The van der Waals surface area contributed by atoms with Gasteiger partial charge in [-0.05, 0) is 36.3 Å². The molecule has 0 atom stereocenters. The third kappa shape index (κ3) is 2.38. The number of hydrogen-bond donors (Lipinski definition) is 0. The predicted molar refractivity (Wildman–Crippen MR) is 66.6 cm³/mol. The SMILES string of the molecule is C/C=C(\C=C/c1ccccc1)C1(C)CC1. The Morgan fingerprint density at radius 2 is 1.87 bits per heavy atom. The van der Waals surface area contributed by atoms with Crippen molar-refractivity contribution in [2.75, 3.05) is 0 Å². The van der Waals surface area contributed by atoms with Crippen LogP contribution in [-0.4, -0.2) is 0 Å². The maximum atomic E-state index is 2.34. The lowest BCUT2D eigenvalue weighted by Gasteiger charge is -2.08. The molecule has 0 aliphatic heterocycles. The molecule has 1 aromatic carbocycles. The molecule has 0 aromatic heterocycles. The highest BCUT2D eigenvalue weighted by Gasteiger charge is 2.39. The Balaban J connectivity index is 2.11. The molecular weight excluding hydrogens is 180 g/mol. The molecule has 0 nitrogen and oxygen atoms in total. The fourth-order valence-corrected chi connectivity index (χ4v) is 1.87. The van der Waals surface area contributed by atoms with Crippen molar-refractivity contribution >= 4 is 6.08 Å². The van der Waals surface area contributed by atoms with Gasteiger partial charge in [0.2, 0.25) is 0 Å². The molecule has 1 aromatic rings. The topological polar surface area (TPSA) is 0 Å². The molecule has 1 aliphatic carbocycles. The highest BCUT2D eigenvalue weighted by atomic mass is 14.4. The van der Waals surface area contributed by atoms with Gasteiger partial charge in [-0.2, -0.15) is 0 Å². The van der Waals surface area contributed by atoms with Crippen molar-refractivity contribution in [3.05, 3.63) is 53.6 Å². The minimum atomic E-state index is 0.472. The van der Waals surface area contributed by atoms with Crippen LogP contribution >= 0.6 is 0 Å². The number of allylic oxidation sites excluding steroid dienone is 3. The van der Waals surface area contributed by atoms with Crippen LogP contribution in [0.3, 0.4) is 0 Å². The molecule has 0 unspecified atom stereocenters.